The minimum atomic E-state index is -0.692. The molecule has 3 aliphatic heterocycles. The third kappa shape index (κ3) is 5.24. The molecule has 2 aromatic rings. The van der Waals surface area contributed by atoms with Gasteiger partial charge in [0.25, 0.3) is 0 Å². The van der Waals surface area contributed by atoms with Gasteiger partial charge in [-0.05, 0) is 94.2 Å². The van der Waals surface area contributed by atoms with Crippen LogP contribution in [0.2, 0.25) is 0 Å². The molecule has 0 spiro atoms. The molecule has 2 aliphatic carbocycles. The molecule has 5 fully saturated rings. The van der Waals surface area contributed by atoms with Crippen molar-refractivity contribution >= 4 is 17.0 Å². The summed E-state index contributed by atoms with van der Waals surface area (Å²) in [5.74, 6) is 3.26. The van der Waals surface area contributed by atoms with Crippen molar-refractivity contribution in [3.05, 3.63) is 30.1 Å². The zero-order valence-electron chi connectivity index (χ0n) is 24.6. The molecule has 0 radical (unpaired) electrons. The summed E-state index contributed by atoms with van der Waals surface area (Å²) in [5.41, 5.74) is 2.44. The Morgan fingerprint density at radius 3 is 2.50 bits per heavy atom. The summed E-state index contributed by atoms with van der Waals surface area (Å²) in [7, 11) is 0. The van der Waals surface area contributed by atoms with Crippen molar-refractivity contribution < 1.29 is 9.90 Å². The number of likely N-dealkylation sites (tertiary alicyclic amines) is 1. The number of fused-ring (bicyclic) bond motifs is 5. The summed E-state index contributed by atoms with van der Waals surface area (Å²) >= 11 is 0. The van der Waals surface area contributed by atoms with Crippen LogP contribution >= 0.6 is 0 Å². The Bertz CT molecular complexity index is 1180. The van der Waals surface area contributed by atoms with E-state index in [1.54, 1.807) is 0 Å². The van der Waals surface area contributed by atoms with Gasteiger partial charge in [-0.3, -0.25) is 14.6 Å². The molecule has 2 saturated carbocycles. The van der Waals surface area contributed by atoms with Crippen molar-refractivity contribution in [1.82, 2.24) is 19.4 Å². The summed E-state index contributed by atoms with van der Waals surface area (Å²) in [4.78, 5) is 22.1. The van der Waals surface area contributed by atoms with Crippen LogP contribution in [0.5, 0.6) is 0 Å². The molecule has 0 amide bonds. The van der Waals surface area contributed by atoms with Gasteiger partial charge >= 0.3 is 5.97 Å². The van der Waals surface area contributed by atoms with Crippen LogP contribution in [0.15, 0.2) is 24.3 Å². The van der Waals surface area contributed by atoms with Crippen molar-refractivity contribution in [3.8, 4) is 0 Å². The fourth-order valence-corrected chi connectivity index (χ4v) is 10.1. The standard InChI is InChI=1S/C34H50N4O2/c1-23-12-13-27-20-29(21-32(23)37(27)28-18-24-7-2-3-8-25(17-24)19-28)38-31-11-5-4-10-30(31)35-33(38)22-26-9-6-15-36(26)16-14-34(39)40/h4-5,10-11,23-29,32H,2-3,6-9,12-22H2,1H3,(H,39,40). The highest BCUT2D eigenvalue weighted by atomic mass is 16.4. The summed E-state index contributed by atoms with van der Waals surface area (Å²) < 4.78 is 2.67. The first kappa shape index (κ1) is 26.9. The predicted octanol–water partition coefficient (Wildman–Crippen LogP) is 6.68. The third-order valence-corrected chi connectivity index (χ3v) is 11.8. The van der Waals surface area contributed by atoms with E-state index in [1.807, 2.05) is 0 Å². The van der Waals surface area contributed by atoms with Crippen LogP contribution in [0.1, 0.15) is 109 Å². The van der Waals surface area contributed by atoms with Gasteiger partial charge in [-0.2, -0.15) is 0 Å². The molecule has 7 atom stereocenters. The van der Waals surface area contributed by atoms with Crippen LogP contribution in [0.25, 0.3) is 11.0 Å². The van der Waals surface area contributed by atoms with Crippen LogP contribution < -0.4 is 0 Å². The SMILES string of the molecule is CC1CCC2CC(n3c(CC4CCCN4CCC(=O)O)nc4ccccc43)CC1N2C1CC2CCCCC(C2)C1. The molecule has 5 aliphatic rings. The van der Waals surface area contributed by atoms with Crippen molar-refractivity contribution in [2.45, 2.75) is 133 Å². The van der Waals surface area contributed by atoms with Crippen LogP contribution in [0.4, 0.5) is 0 Å². The molecule has 3 saturated heterocycles. The number of nitrogens with zero attached hydrogens (tertiary/aromatic N) is 4. The molecule has 7 rings (SSSR count). The lowest BCUT2D eigenvalue weighted by molar-refractivity contribution is -0.137. The second kappa shape index (κ2) is 11.4. The van der Waals surface area contributed by atoms with Gasteiger partial charge in [0.15, 0.2) is 0 Å². The summed E-state index contributed by atoms with van der Waals surface area (Å²) in [6, 6.07) is 11.9. The zero-order valence-corrected chi connectivity index (χ0v) is 24.6. The largest absolute Gasteiger partial charge is 0.481 e. The van der Waals surface area contributed by atoms with Crippen LogP contribution in [0.3, 0.4) is 0 Å². The van der Waals surface area contributed by atoms with Gasteiger partial charge in [0.1, 0.15) is 5.82 Å². The van der Waals surface area contributed by atoms with Crippen molar-refractivity contribution in [3.63, 3.8) is 0 Å². The van der Waals surface area contributed by atoms with E-state index in [4.69, 9.17) is 4.98 Å². The molecule has 6 heteroatoms. The maximum atomic E-state index is 11.3. The van der Waals surface area contributed by atoms with Crippen molar-refractivity contribution in [2.75, 3.05) is 13.1 Å². The monoisotopic (exact) mass is 546 g/mol. The number of aliphatic carboxylic acids is 1. The molecule has 4 bridgehead atoms. The number of aromatic nitrogens is 2. The quantitative estimate of drug-likeness (QED) is 0.420. The number of imidazole rings is 1. The molecular formula is C34H50N4O2. The number of hydrogen-bond donors (Lipinski definition) is 1. The smallest absolute Gasteiger partial charge is 0.304 e. The molecule has 1 N–H and O–H groups in total. The first-order chi connectivity index (χ1) is 19.5. The van der Waals surface area contributed by atoms with E-state index in [-0.39, 0.29) is 6.42 Å². The Kier molecular flexibility index (Phi) is 7.68. The number of carboxylic acids is 1. The van der Waals surface area contributed by atoms with E-state index in [2.05, 4.69) is 45.6 Å². The first-order valence-corrected chi connectivity index (χ1v) is 16.7. The molecule has 4 heterocycles. The van der Waals surface area contributed by atoms with E-state index < -0.39 is 5.97 Å². The molecule has 1 aromatic heterocycles. The number of hydrogen-bond acceptors (Lipinski definition) is 4. The lowest BCUT2D eigenvalue weighted by Crippen LogP contribution is -2.60. The van der Waals surface area contributed by atoms with E-state index in [1.165, 1.54) is 82.0 Å². The number of carbonyl (C=O) groups is 1. The van der Waals surface area contributed by atoms with Gasteiger partial charge in [-0.25, -0.2) is 4.98 Å². The second-order valence-corrected chi connectivity index (χ2v) is 14.3. The second-order valence-electron chi connectivity index (χ2n) is 14.3. The highest BCUT2D eigenvalue weighted by Gasteiger charge is 2.47. The number of para-hydroxylation sites is 2. The van der Waals surface area contributed by atoms with Gasteiger partial charge in [-0.1, -0.05) is 44.7 Å². The fourth-order valence-electron chi connectivity index (χ4n) is 10.1. The predicted molar refractivity (Wildman–Crippen MR) is 159 cm³/mol. The highest BCUT2D eigenvalue weighted by Crippen LogP contribution is 2.49. The Hall–Kier alpha value is -1.92. The van der Waals surface area contributed by atoms with Gasteiger partial charge in [0.05, 0.1) is 17.5 Å². The first-order valence-electron chi connectivity index (χ1n) is 16.7. The minimum absolute atomic E-state index is 0.232. The molecular weight excluding hydrogens is 496 g/mol. The fraction of sp³-hybridized carbons (Fsp3) is 0.765. The Morgan fingerprint density at radius 1 is 0.900 bits per heavy atom. The average molecular weight is 547 g/mol. The number of rotatable bonds is 7. The van der Waals surface area contributed by atoms with E-state index in [0.29, 0.717) is 30.7 Å². The minimum Gasteiger partial charge on any atom is -0.481 e. The van der Waals surface area contributed by atoms with E-state index in [0.717, 1.165) is 55.1 Å². The summed E-state index contributed by atoms with van der Waals surface area (Å²) in [5, 5.41) is 9.29. The molecule has 6 nitrogen and oxygen atoms in total. The average Bonchev–Trinajstić information content (AvgIpc) is 3.50. The van der Waals surface area contributed by atoms with Crippen molar-refractivity contribution in [2.24, 2.45) is 17.8 Å². The van der Waals surface area contributed by atoms with Crippen LogP contribution in [-0.4, -0.2) is 67.7 Å². The normalized spacial score (nSPS) is 37.0. The number of carboxylic acid groups (broad SMARTS) is 1. The van der Waals surface area contributed by atoms with Crippen LogP contribution in [-0.2, 0) is 11.2 Å². The van der Waals surface area contributed by atoms with Crippen LogP contribution in [0, 0.1) is 17.8 Å². The lowest BCUT2D eigenvalue weighted by Gasteiger charge is -2.56. The molecule has 218 valence electrons. The van der Waals surface area contributed by atoms with Gasteiger partial charge in [0.2, 0.25) is 0 Å². The molecule has 1 aromatic carbocycles. The summed E-state index contributed by atoms with van der Waals surface area (Å²) in [6.45, 7) is 4.21. The third-order valence-electron chi connectivity index (χ3n) is 11.8. The zero-order chi connectivity index (χ0) is 27.2. The van der Waals surface area contributed by atoms with E-state index >= 15 is 0 Å². The Balaban J connectivity index is 1.16. The van der Waals surface area contributed by atoms with Gasteiger partial charge in [-0.15, -0.1) is 0 Å². The number of benzene rings is 1. The number of piperidine rings is 2. The van der Waals surface area contributed by atoms with Gasteiger partial charge in [0, 0.05) is 43.2 Å². The molecule has 40 heavy (non-hydrogen) atoms. The Labute approximate surface area is 240 Å². The van der Waals surface area contributed by atoms with Crippen molar-refractivity contribution in [1.29, 1.82) is 0 Å². The highest BCUT2D eigenvalue weighted by molar-refractivity contribution is 5.76. The maximum absolute atomic E-state index is 11.3. The van der Waals surface area contributed by atoms with E-state index in [9.17, 15) is 9.90 Å². The Morgan fingerprint density at radius 2 is 1.70 bits per heavy atom. The molecule has 7 unspecified atom stereocenters. The summed E-state index contributed by atoms with van der Waals surface area (Å²) in [6.07, 6.45) is 19.0. The topological polar surface area (TPSA) is 61.6 Å². The lowest BCUT2D eigenvalue weighted by atomic mass is 9.71. The van der Waals surface area contributed by atoms with Gasteiger partial charge < -0.3 is 9.67 Å². The maximum Gasteiger partial charge on any atom is 0.304 e.